The van der Waals surface area contributed by atoms with Crippen LogP contribution in [0.1, 0.15) is 34.9 Å². The fourth-order valence-corrected chi connectivity index (χ4v) is 3.37. The number of alkyl halides is 3. The van der Waals surface area contributed by atoms with Gasteiger partial charge < -0.3 is 9.42 Å². The molecule has 1 aliphatic rings. The highest BCUT2D eigenvalue weighted by atomic mass is 19.4. The lowest BCUT2D eigenvalue weighted by molar-refractivity contribution is -0.137. The normalized spacial score (nSPS) is 17.2. The third kappa shape index (κ3) is 3.74. The fraction of sp³-hybridized carbons (Fsp3) is 0.286. The standard InChI is InChI=1S/C21H18F3N3O2/c1-12-6-7-14(8-13(12)2)20-25-19(26-29-20)15-9-18(28)27(11-15)17-5-3-4-16(10-17)21(22,23)24/h3-8,10,15H,9,11H2,1-2H3. The largest absolute Gasteiger partial charge is 0.416 e. The lowest BCUT2D eigenvalue weighted by atomic mass is 10.1. The van der Waals surface area contributed by atoms with Crippen LogP contribution in [-0.4, -0.2) is 22.6 Å². The summed E-state index contributed by atoms with van der Waals surface area (Å²) in [5, 5.41) is 4.00. The van der Waals surface area contributed by atoms with Gasteiger partial charge in [0.1, 0.15) is 0 Å². The van der Waals surface area contributed by atoms with Crippen LogP contribution in [0.25, 0.3) is 11.5 Å². The first-order chi connectivity index (χ1) is 13.7. The molecule has 150 valence electrons. The number of halogens is 3. The van der Waals surface area contributed by atoms with E-state index in [2.05, 4.69) is 10.1 Å². The number of hydrogen-bond acceptors (Lipinski definition) is 4. The second-order valence-corrected chi connectivity index (χ2v) is 7.21. The Hall–Kier alpha value is -3.16. The molecular weight excluding hydrogens is 383 g/mol. The zero-order chi connectivity index (χ0) is 20.8. The molecule has 0 saturated carbocycles. The first-order valence-corrected chi connectivity index (χ1v) is 9.11. The molecule has 29 heavy (non-hydrogen) atoms. The number of benzene rings is 2. The van der Waals surface area contributed by atoms with Crippen LogP contribution in [0.15, 0.2) is 47.0 Å². The van der Waals surface area contributed by atoms with Gasteiger partial charge in [-0.05, 0) is 55.3 Å². The molecule has 2 aromatic carbocycles. The lowest BCUT2D eigenvalue weighted by Crippen LogP contribution is -2.24. The number of anilines is 1. The number of carbonyl (C=O) groups excluding carboxylic acids is 1. The Balaban J connectivity index is 1.56. The Morgan fingerprint density at radius 3 is 2.62 bits per heavy atom. The van der Waals surface area contributed by atoms with Crippen LogP contribution in [0.2, 0.25) is 0 Å². The van der Waals surface area contributed by atoms with Crippen molar-refractivity contribution in [3.8, 4) is 11.5 Å². The summed E-state index contributed by atoms with van der Waals surface area (Å²) in [5.41, 5.74) is 2.44. The molecule has 0 aliphatic carbocycles. The van der Waals surface area contributed by atoms with Gasteiger partial charge >= 0.3 is 6.18 Å². The third-order valence-corrected chi connectivity index (χ3v) is 5.17. The van der Waals surface area contributed by atoms with E-state index in [-0.39, 0.29) is 30.5 Å². The van der Waals surface area contributed by atoms with E-state index in [1.165, 1.54) is 17.0 Å². The molecule has 1 atom stereocenters. The molecular formula is C21H18F3N3O2. The average Bonchev–Trinajstić information content (AvgIpc) is 3.30. The molecule has 2 heterocycles. The van der Waals surface area contributed by atoms with Crippen molar-refractivity contribution in [2.75, 3.05) is 11.4 Å². The molecule has 1 amide bonds. The van der Waals surface area contributed by atoms with Crippen molar-refractivity contribution in [3.63, 3.8) is 0 Å². The topological polar surface area (TPSA) is 59.2 Å². The molecule has 5 nitrogen and oxygen atoms in total. The molecule has 0 spiro atoms. The van der Waals surface area contributed by atoms with Gasteiger partial charge in [-0.2, -0.15) is 18.2 Å². The van der Waals surface area contributed by atoms with E-state index in [4.69, 9.17) is 4.52 Å². The Bertz CT molecular complexity index is 1080. The Morgan fingerprint density at radius 1 is 1.10 bits per heavy atom. The van der Waals surface area contributed by atoms with E-state index in [0.717, 1.165) is 28.8 Å². The number of amides is 1. The van der Waals surface area contributed by atoms with Crippen molar-refractivity contribution in [1.82, 2.24) is 10.1 Å². The van der Waals surface area contributed by atoms with Crippen molar-refractivity contribution in [1.29, 1.82) is 0 Å². The van der Waals surface area contributed by atoms with Crippen molar-refractivity contribution in [2.24, 2.45) is 0 Å². The molecule has 8 heteroatoms. The monoisotopic (exact) mass is 401 g/mol. The lowest BCUT2D eigenvalue weighted by Gasteiger charge is -2.18. The summed E-state index contributed by atoms with van der Waals surface area (Å²) in [4.78, 5) is 18.2. The van der Waals surface area contributed by atoms with E-state index in [9.17, 15) is 18.0 Å². The maximum absolute atomic E-state index is 13.0. The van der Waals surface area contributed by atoms with Gasteiger partial charge in [0.25, 0.3) is 5.89 Å². The Labute approximate surface area is 165 Å². The van der Waals surface area contributed by atoms with Crippen molar-refractivity contribution in [3.05, 3.63) is 65.0 Å². The number of nitrogens with zero attached hydrogens (tertiary/aromatic N) is 3. The van der Waals surface area contributed by atoms with Crippen molar-refractivity contribution >= 4 is 11.6 Å². The minimum Gasteiger partial charge on any atom is -0.334 e. The van der Waals surface area contributed by atoms with Crippen LogP contribution in [-0.2, 0) is 11.0 Å². The molecule has 4 rings (SSSR count). The molecule has 1 fully saturated rings. The maximum Gasteiger partial charge on any atom is 0.416 e. The molecule has 1 aromatic heterocycles. The van der Waals surface area contributed by atoms with Gasteiger partial charge in [-0.1, -0.05) is 17.3 Å². The van der Waals surface area contributed by atoms with E-state index in [1.807, 2.05) is 32.0 Å². The van der Waals surface area contributed by atoms with Gasteiger partial charge in [-0.15, -0.1) is 0 Å². The number of hydrogen-bond donors (Lipinski definition) is 0. The minimum atomic E-state index is -4.47. The summed E-state index contributed by atoms with van der Waals surface area (Å²) in [6, 6.07) is 10.5. The van der Waals surface area contributed by atoms with Gasteiger partial charge in [-0.25, -0.2) is 0 Å². The molecule has 1 unspecified atom stereocenters. The molecule has 1 aliphatic heterocycles. The highest BCUT2D eigenvalue weighted by Gasteiger charge is 2.36. The fourth-order valence-electron chi connectivity index (χ4n) is 3.37. The molecule has 0 N–H and O–H groups in total. The summed E-state index contributed by atoms with van der Waals surface area (Å²) in [7, 11) is 0. The number of aromatic nitrogens is 2. The second kappa shape index (κ2) is 7.02. The van der Waals surface area contributed by atoms with Crippen LogP contribution >= 0.6 is 0 Å². The van der Waals surface area contributed by atoms with Crippen LogP contribution in [0, 0.1) is 13.8 Å². The quantitative estimate of drug-likeness (QED) is 0.627. The highest BCUT2D eigenvalue weighted by Crippen LogP contribution is 2.35. The third-order valence-electron chi connectivity index (χ3n) is 5.17. The molecule has 3 aromatic rings. The highest BCUT2D eigenvalue weighted by molar-refractivity contribution is 5.96. The van der Waals surface area contributed by atoms with Gasteiger partial charge in [-0.3, -0.25) is 4.79 Å². The smallest absolute Gasteiger partial charge is 0.334 e. The summed E-state index contributed by atoms with van der Waals surface area (Å²) < 4.78 is 44.3. The predicted molar refractivity (Wildman–Crippen MR) is 100 cm³/mol. The van der Waals surface area contributed by atoms with Crippen LogP contribution in [0.3, 0.4) is 0 Å². The summed E-state index contributed by atoms with van der Waals surface area (Å²) in [6.07, 6.45) is -4.35. The summed E-state index contributed by atoms with van der Waals surface area (Å²) >= 11 is 0. The average molecular weight is 401 g/mol. The summed E-state index contributed by atoms with van der Waals surface area (Å²) in [5.74, 6) is 0.113. The number of aryl methyl sites for hydroxylation is 2. The van der Waals surface area contributed by atoms with Crippen molar-refractivity contribution < 1.29 is 22.5 Å². The molecule has 0 bridgehead atoms. The minimum absolute atomic E-state index is 0.113. The first kappa shape index (κ1) is 19.2. The zero-order valence-electron chi connectivity index (χ0n) is 15.8. The van der Waals surface area contributed by atoms with Gasteiger partial charge in [0, 0.05) is 30.1 Å². The van der Waals surface area contributed by atoms with E-state index in [1.54, 1.807) is 0 Å². The SMILES string of the molecule is Cc1ccc(-c2nc(C3CC(=O)N(c4cccc(C(F)(F)F)c4)C3)no2)cc1C. The van der Waals surface area contributed by atoms with Gasteiger partial charge in [0.05, 0.1) is 5.56 Å². The van der Waals surface area contributed by atoms with Gasteiger partial charge in [0.15, 0.2) is 5.82 Å². The van der Waals surface area contributed by atoms with Crippen LogP contribution in [0.4, 0.5) is 18.9 Å². The van der Waals surface area contributed by atoms with Crippen LogP contribution in [0.5, 0.6) is 0 Å². The first-order valence-electron chi connectivity index (χ1n) is 9.11. The van der Waals surface area contributed by atoms with E-state index >= 15 is 0 Å². The van der Waals surface area contributed by atoms with E-state index < -0.39 is 11.7 Å². The Kier molecular flexibility index (Phi) is 4.64. The number of carbonyl (C=O) groups is 1. The van der Waals surface area contributed by atoms with Crippen LogP contribution < -0.4 is 4.90 Å². The Morgan fingerprint density at radius 2 is 1.90 bits per heavy atom. The van der Waals surface area contributed by atoms with E-state index in [0.29, 0.717) is 11.7 Å². The zero-order valence-corrected chi connectivity index (χ0v) is 15.8. The molecule has 0 radical (unpaired) electrons. The second-order valence-electron chi connectivity index (χ2n) is 7.21. The summed E-state index contributed by atoms with van der Waals surface area (Å²) in [6.45, 7) is 4.19. The maximum atomic E-state index is 13.0. The number of rotatable bonds is 3. The predicted octanol–water partition coefficient (Wildman–Crippen LogP) is 4.89. The molecule has 1 saturated heterocycles. The van der Waals surface area contributed by atoms with Gasteiger partial charge in [0.2, 0.25) is 5.91 Å². The van der Waals surface area contributed by atoms with Crippen molar-refractivity contribution in [2.45, 2.75) is 32.4 Å².